The Morgan fingerprint density at radius 1 is 0.742 bits per heavy atom. The van der Waals surface area contributed by atoms with E-state index >= 15 is 0 Å². The van der Waals surface area contributed by atoms with Gasteiger partial charge < -0.3 is 19.3 Å². The van der Waals surface area contributed by atoms with Gasteiger partial charge in [0.25, 0.3) is 0 Å². The van der Waals surface area contributed by atoms with Crippen molar-refractivity contribution in [3.8, 4) is 24.0 Å². The zero-order valence-electron chi connectivity index (χ0n) is 39.2. The maximum absolute atomic E-state index is 10.7. The molecule has 0 amide bonds. The zero-order chi connectivity index (χ0) is 46.2. The van der Waals surface area contributed by atoms with Gasteiger partial charge >= 0.3 is 0 Å². The molecule has 1 atom stereocenters. The Bertz CT molecular complexity index is 2750. The molecule has 0 saturated heterocycles. The summed E-state index contributed by atoms with van der Waals surface area (Å²) < 4.78 is 12.8. The van der Waals surface area contributed by atoms with Crippen molar-refractivity contribution in [3.05, 3.63) is 183 Å². The van der Waals surface area contributed by atoms with Crippen LogP contribution in [0.15, 0.2) is 155 Å². The number of allylic oxidation sites excluding steroid dienone is 8. The molecule has 1 aliphatic heterocycles. The van der Waals surface area contributed by atoms with Crippen molar-refractivity contribution >= 4 is 22.5 Å². The van der Waals surface area contributed by atoms with Crippen LogP contribution in [-0.2, 0) is 15.8 Å². The first-order valence-corrected chi connectivity index (χ1v) is 23.5. The third-order valence-corrected chi connectivity index (χ3v) is 15.1. The summed E-state index contributed by atoms with van der Waals surface area (Å²) in [4.78, 5) is 4.25. The van der Waals surface area contributed by atoms with E-state index in [1.165, 1.54) is 60.8 Å². The molecule has 0 N–H and O–H groups in total. The highest BCUT2D eigenvalue weighted by Crippen LogP contribution is 2.62. The number of nitriles is 3. The second kappa shape index (κ2) is 18.1. The Balaban J connectivity index is 1.25. The lowest BCUT2D eigenvalue weighted by molar-refractivity contribution is -0.00616. The van der Waals surface area contributed by atoms with Crippen LogP contribution in [0.25, 0.3) is 11.1 Å². The molecular weight excluding hydrogens is 811 g/mol. The van der Waals surface area contributed by atoms with E-state index in [1.807, 2.05) is 62.6 Å². The van der Waals surface area contributed by atoms with Gasteiger partial charge in [0.15, 0.2) is 16.9 Å². The van der Waals surface area contributed by atoms with E-state index in [0.717, 1.165) is 82.0 Å². The topological polar surface area (TPSA) is 96.3 Å². The molecule has 4 fully saturated rings. The van der Waals surface area contributed by atoms with Gasteiger partial charge in [-0.25, -0.2) is 0 Å². The number of hydrogen-bond donors (Lipinski definition) is 0. The van der Waals surface area contributed by atoms with Crippen molar-refractivity contribution in [2.45, 2.75) is 75.7 Å². The van der Waals surface area contributed by atoms with Gasteiger partial charge in [-0.3, -0.25) is 0 Å². The van der Waals surface area contributed by atoms with Crippen LogP contribution in [0.5, 0.6) is 5.75 Å². The van der Waals surface area contributed by atoms with Gasteiger partial charge in [0, 0.05) is 50.7 Å². The summed E-state index contributed by atoms with van der Waals surface area (Å²) in [6.07, 6.45) is 19.3. The molecule has 6 aliphatic rings. The fraction of sp³-hybridized carbons (Fsp3) is 0.339. The average molecular weight is 870 g/mol. The highest BCUT2D eigenvalue weighted by Gasteiger charge is 2.52. The fourth-order valence-corrected chi connectivity index (χ4v) is 12.3. The van der Waals surface area contributed by atoms with E-state index in [-0.39, 0.29) is 22.3 Å². The third kappa shape index (κ3) is 8.16. The van der Waals surface area contributed by atoms with Crippen LogP contribution in [0.3, 0.4) is 0 Å². The lowest BCUT2D eigenvalue weighted by atomic mass is 9.48. The fourth-order valence-electron chi connectivity index (χ4n) is 12.3. The monoisotopic (exact) mass is 869 g/mol. The summed E-state index contributed by atoms with van der Waals surface area (Å²) >= 11 is 0. The highest BCUT2D eigenvalue weighted by atomic mass is 16.5. The Kier molecular flexibility index (Phi) is 12.1. The molecule has 7 nitrogen and oxygen atoms in total. The predicted molar refractivity (Wildman–Crippen MR) is 265 cm³/mol. The lowest BCUT2D eigenvalue weighted by Gasteiger charge is -2.57. The first kappa shape index (κ1) is 44.2. The van der Waals surface area contributed by atoms with Gasteiger partial charge in [0.1, 0.15) is 29.5 Å². The highest BCUT2D eigenvalue weighted by molar-refractivity contribution is 5.87. The summed E-state index contributed by atoms with van der Waals surface area (Å²) in [5, 5.41) is 30.7. The standard InChI is InChI=1S/C59H59N5O2/c1-58(48-13-8-7-9-14-48)53(52(38-62)57(66-58)47(36-60)37-61)27-20-45-12-10-11-44(19-26-51(42-15-22-49(23-16-42)63(2)3)43-17-24-50(25-18-43)64(4)5)56(45)46-21-28-55(65-6)54(32-46)59-33-39-29-40(34-59)31-41(30-39)35-59/h7-9,13-28,32,39-41H,10-12,29-31,33-35H2,1-6H3/b27-20+,44-19+. The third-order valence-electron chi connectivity index (χ3n) is 15.1. The van der Waals surface area contributed by atoms with E-state index in [2.05, 4.69) is 129 Å². The molecule has 7 heteroatoms. The van der Waals surface area contributed by atoms with Gasteiger partial charge in [-0.05, 0) is 169 Å². The normalized spacial score (nSPS) is 24.7. The largest absolute Gasteiger partial charge is 0.496 e. The van der Waals surface area contributed by atoms with Gasteiger partial charge in [-0.2, -0.15) is 15.8 Å². The SMILES string of the molecule is COc1ccc(C2=C(/C=C/C3=C(C#N)C(=C(C#N)C#N)OC3(C)c3ccccc3)CCC/C2=C\C=C(c2ccc(N(C)C)cc2)c2ccc(N(C)C)cc2)cc1C12CC3CC(CC(C3)C1)C2. The molecule has 0 radical (unpaired) electrons. The molecule has 5 aliphatic carbocycles. The van der Waals surface area contributed by atoms with Crippen molar-refractivity contribution in [1.82, 2.24) is 0 Å². The maximum Gasteiger partial charge on any atom is 0.172 e. The lowest BCUT2D eigenvalue weighted by Crippen LogP contribution is -2.48. The summed E-state index contributed by atoms with van der Waals surface area (Å²) in [7, 11) is 10.1. The minimum Gasteiger partial charge on any atom is -0.496 e. The average Bonchev–Trinajstić information content (AvgIpc) is 3.62. The van der Waals surface area contributed by atoms with Crippen LogP contribution >= 0.6 is 0 Å². The molecule has 10 rings (SSSR count). The number of benzene rings is 4. The maximum atomic E-state index is 10.7. The van der Waals surface area contributed by atoms with Gasteiger partial charge in [0.2, 0.25) is 0 Å². The van der Waals surface area contributed by atoms with Crippen molar-refractivity contribution in [1.29, 1.82) is 15.8 Å². The molecule has 1 heterocycles. The Morgan fingerprint density at radius 3 is 1.86 bits per heavy atom. The van der Waals surface area contributed by atoms with Crippen molar-refractivity contribution in [2.24, 2.45) is 17.8 Å². The van der Waals surface area contributed by atoms with E-state index in [1.54, 1.807) is 0 Å². The number of rotatable bonds is 11. The van der Waals surface area contributed by atoms with E-state index in [0.29, 0.717) is 5.57 Å². The van der Waals surface area contributed by atoms with E-state index in [4.69, 9.17) is 9.47 Å². The first-order chi connectivity index (χ1) is 32.0. The van der Waals surface area contributed by atoms with Crippen molar-refractivity contribution < 1.29 is 9.47 Å². The van der Waals surface area contributed by atoms with Crippen molar-refractivity contribution in [2.75, 3.05) is 45.1 Å². The predicted octanol–water partition coefficient (Wildman–Crippen LogP) is 12.9. The van der Waals surface area contributed by atoms with Crippen LogP contribution in [0.1, 0.15) is 92.5 Å². The quantitative estimate of drug-likeness (QED) is 0.139. The molecule has 4 aromatic carbocycles. The Hall–Kier alpha value is -7.01. The molecule has 4 aromatic rings. The molecule has 4 bridgehead atoms. The van der Waals surface area contributed by atoms with Crippen LogP contribution in [0.2, 0.25) is 0 Å². The molecular formula is C59H59N5O2. The van der Waals surface area contributed by atoms with E-state index in [9.17, 15) is 15.8 Å². The van der Waals surface area contributed by atoms with Gasteiger partial charge in [-0.15, -0.1) is 0 Å². The summed E-state index contributed by atoms with van der Waals surface area (Å²) in [5.41, 5.74) is 12.3. The van der Waals surface area contributed by atoms with E-state index < -0.39 is 5.60 Å². The minimum atomic E-state index is -1.11. The van der Waals surface area contributed by atoms with Gasteiger partial charge in [-0.1, -0.05) is 85.0 Å². The molecule has 66 heavy (non-hydrogen) atoms. The van der Waals surface area contributed by atoms with Gasteiger partial charge in [0.05, 0.1) is 7.11 Å². The molecule has 1 unspecified atom stereocenters. The Labute approximate surface area is 391 Å². The molecule has 0 aromatic heterocycles. The Morgan fingerprint density at radius 2 is 1.33 bits per heavy atom. The number of ether oxygens (including phenoxy) is 2. The van der Waals surface area contributed by atoms with Crippen LogP contribution < -0.4 is 14.5 Å². The smallest absolute Gasteiger partial charge is 0.172 e. The first-order valence-electron chi connectivity index (χ1n) is 23.5. The second-order valence-electron chi connectivity index (χ2n) is 19.7. The van der Waals surface area contributed by atoms with Crippen LogP contribution in [-0.4, -0.2) is 35.3 Å². The second-order valence-corrected chi connectivity index (χ2v) is 19.7. The summed E-state index contributed by atoms with van der Waals surface area (Å²) in [6.45, 7) is 1.92. The zero-order valence-corrected chi connectivity index (χ0v) is 39.2. The number of nitrogens with zero attached hydrogens (tertiary/aromatic N) is 5. The van der Waals surface area contributed by atoms with Crippen LogP contribution in [0, 0.1) is 51.7 Å². The minimum absolute atomic E-state index is 0.0252. The molecule has 4 saturated carbocycles. The molecule has 332 valence electrons. The van der Waals surface area contributed by atoms with Crippen LogP contribution in [0.4, 0.5) is 11.4 Å². The summed E-state index contributed by atoms with van der Waals surface area (Å²) in [6, 6.07) is 40.5. The number of hydrogen-bond acceptors (Lipinski definition) is 7. The number of anilines is 2. The number of methoxy groups -OCH3 is 1. The molecule has 0 spiro atoms. The summed E-state index contributed by atoms with van der Waals surface area (Å²) in [5.74, 6) is 3.36. The van der Waals surface area contributed by atoms with Crippen molar-refractivity contribution in [3.63, 3.8) is 0 Å².